The number of carbonyl (C=O) groups excluding carboxylic acids is 3. The molecule has 3 fully saturated rings. The first-order chi connectivity index (χ1) is 12.1. The molecule has 0 saturated carbocycles. The van der Waals surface area contributed by atoms with Gasteiger partial charge in [0.1, 0.15) is 5.60 Å². The Kier molecular flexibility index (Phi) is 4.04. The van der Waals surface area contributed by atoms with Crippen molar-refractivity contribution in [3.63, 3.8) is 0 Å². The van der Waals surface area contributed by atoms with Crippen LogP contribution < -0.4 is 5.32 Å². The second-order valence-corrected chi connectivity index (χ2v) is 6.97. The predicted molar refractivity (Wildman–Crippen MR) is 86.4 cm³/mol. The molecule has 25 heavy (non-hydrogen) atoms. The van der Waals surface area contributed by atoms with Gasteiger partial charge in [-0.25, -0.2) is 0 Å². The Morgan fingerprint density at radius 1 is 1.48 bits per heavy atom. The topological polar surface area (TPSA) is 88.2 Å². The quantitative estimate of drug-likeness (QED) is 0.496. The summed E-state index contributed by atoms with van der Waals surface area (Å²) < 4.78 is 11.4. The number of piperazine rings is 1. The number of nitrogens with one attached hydrogen (secondary N) is 1. The molecule has 0 radical (unpaired) electrons. The summed E-state index contributed by atoms with van der Waals surface area (Å²) in [6.45, 7) is 4.92. The fraction of sp³-hybridized carbons (Fsp3) is 0.706. The third kappa shape index (κ3) is 2.55. The molecule has 0 aromatic heterocycles. The van der Waals surface area contributed by atoms with Gasteiger partial charge in [0.15, 0.2) is 0 Å². The van der Waals surface area contributed by atoms with Crippen molar-refractivity contribution in [3.8, 4) is 0 Å². The summed E-state index contributed by atoms with van der Waals surface area (Å²) in [5.41, 5.74) is -0.702. The molecule has 8 heteroatoms. The summed E-state index contributed by atoms with van der Waals surface area (Å²) in [5.74, 6) is -1.41. The third-order valence-electron chi connectivity index (χ3n) is 5.52. The van der Waals surface area contributed by atoms with Gasteiger partial charge in [0.05, 0.1) is 37.6 Å². The summed E-state index contributed by atoms with van der Waals surface area (Å²) in [6, 6.07) is 0. The van der Waals surface area contributed by atoms with Crippen molar-refractivity contribution in [1.29, 1.82) is 0 Å². The Balaban J connectivity index is 1.53. The predicted octanol–water partition coefficient (Wildman–Crippen LogP) is -1.24. The molecule has 2 bridgehead atoms. The lowest BCUT2D eigenvalue weighted by Crippen LogP contribution is -2.54. The second-order valence-electron chi connectivity index (χ2n) is 6.97. The van der Waals surface area contributed by atoms with Crippen LogP contribution in [0.2, 0.25) is 0 Å². The van der Waals surface area contributed by atoms with Crippen LogP contribution in [0.1, 0.15) is 6.92 Å². The number of ether oxygens (including phenoxy) is 2. The largest absolute Gasteiger partial charge is 0.380 e. The van der Waals surface area contributed by atoms with Crippen LogP contribution in [-0.4, -0.2) is 85.2 Å². The van der Waals surface area contributed by atoms with E-state index in [2.05, 4.69) is 5.32 Å². The number of hydrogen-bond donors (Lipinski definition) is 1. The van der Waals surface area contributed by atoms with Crippen molar-refractivity contribution in [2.24, 2.45) is 11.8 Å². The van der Waals surface area contributed by atoms with Gasteiger partial charge in [-0.2, -0.15) is 0 Å². The van der Waals surface area contributed by atoms with Gasteiger partial charge in [0, 0.05) is 26.2 Å². The molecular weight excluding hydrogens is 326 g/mol. The fourth-order valence-corrected chi connectivity index (χ4v) is 4.41. The molecule has 4 rings (SSSR count). The Labute approximate surface area is 146 Å². The minimum atomic E-state index is -0.702. The number of rotatable bonds is 5. The number of nitrogens with zero attached hydrogens (tertiary/aromatic N) is 2. The van der Waals surface area contributed by atoms with Crippen molar-refractivity contribution in [2.45, 2.75) is 18.6 Å². The number of hydrogen-bond acceptors (Lipinski definition) is 5. The minimum absolute atomic E-state index is 0.0493. The Bertz CT molecular complexity index is 636. The maximum absolute atomic E-state index is 13.0. The highest BCUT2D eigenvalue weighted by atomic mass is 16.5. The number of carbonyl (C=O) groups is 3. The number of likely N-dealkylation sites (tertiary alicyclic amines) is 1. The highest BCUT2D eigenvalue weighted by Crippen LogP contribution is 2.52. The lowest BCUT2D eigenvalue weighted by molar-refractivity contribution is -0.146. The van der Waals surface area contributed by atoms with E-state index in [0.717, 1.165) is 0 Å². The summed E-state index contributed by atoms with van der Waals surface area (Å²) in [5, 5.41) is 2.71. The highest BCUT2D eigenvalue weighted by molar-refractivity contribution is 5.94. The molecule has 136 valence electrons. The monoisotopic (exact) mass is 349 g/mol. The molecule has 0 aliphatic carbocycles. The Hall–Kier alpha value is -1.93. The van der Waals surface area contributed by atoms with Crippen LogP contribution in [0.4, 0.5) is 0 Å². The van der Waals surface area contributed by atoms with Gasteiger partial charge in [-0.1, -0.05) is 12.2 Å². The van der Waals surface area contributed by atoms with Crippen molar-refractivity contribution in [2.75, 3.05) is 45.9 Å². The van der Waals surface area contributed by atoms with E-state index in [1.807, 2.05) is 19.1 Å². The second kappa shape index (κ2) is 6.10. The summed E-state index contributed by atoms with van der Waals surface area (Å²) >= 11 is 0. The zero-order valence-electron chi connectivity index (χ0n) is 14.3. The number of amides is 3. The molecule has 3 amide bonds. The molecule has 4 atom stereocenters. The zero-order valence-corrected chi connectivity index (χ0v) is 14.3. The van der Waals surface area contributed by atoms with Crippen molar-refractivity contribution in [1.82, 2.24) is 15.1 Å². The van der Waals surface area contributed by atoms with Gasteiger partial charge in [0.25, 0.3) is 0 Å². The summed E-state index contributed by atoms with van der Waals surface area (Å²) in [7, 11) is 0. The lowest BCUT2D eigenvalue weighted by Gasteiger charge is -2.32. The van der Waals surface area contributed by atoms with E-state index in [1.165, 1.54) is 0 Å². The highest BCUT2D eigenvalue weighted by Gasteiger charge is 2.67. The van der Waals surface area contributed by atoms with E-state index >= 15 is 0 Å². The van der Waals surface area contributed by atoms with Crippen LogP contribution in [0.25, 0.3) is 0 Å². The normalized spacial score (nSPS) is 36.1. The van der Waals surface area contributed by atoms with Gasteiger partial charge in [-0.15, -0.1) is 0 Å². The average Bonchev–Trinajstić information content (AvgIpc) is 3.23. The SMILES string of the molecule is CCOCCN1C[C@]23C=C[C@H](O2)[C@H](C(=O)N2CCNC(=O)C2)[C@H]3C1=O. The van der Waals surface area contributed by atoms with E-state index in [-0.39, 0.29) is 30.4 Å². The maximum Gasteiger partial charge on any atom is 0.239 e. The van der Waals surface area contributed by atoms with Gasteiger partial charge < -0.3 is 24.6 Å². The Morgan fingerprint density at radius 3 is 3.08 bits per heavy atom. The Morgan fingerprint density at radius 2 is 2.32 bits per heavy atom. The van der Waals surface area contributed by atoms with Crippen LogP contribution in [0, 0.1) is 11.8 Å². The van der Waals surface area contributed by atoms with Gasteiger partial charge >= 0.3 is 0 Å². The first-order valence-corrected chi connectivity index (χ1v) is 8.85. The molecule has 1 spiro atoms. The molecule has 4 aliphatic heterocycles. The first kappa shape index (κ1) is 16.5. The average molecular weight is 349 g/mol. The van der Waals surface area contributed by atoms with Crippen LogP contribution in [0.15, 0.2) is 12.2 Å². The first-order valence-electron chi connectivity index (χ1n) is 8.85. The summed E-state index contributed by atoms with van der Waals surface area (Å²) in [4.78, 5) is 40.8. The molecular formula is C17H23N3O5. The van der Waals surface area contributed by atoms with Gasteiger partial charge in [0.2, 0.25) is 17.7 Å². The fourth-order valence-electron chi connectivity index (χ4n) is 4.41. The standard InChI is InChI=1S/C17H23N3O5/c1-2-24-8-7-20-10-17-4-3-11(25-17)13(14(17)16(20)23)15(22)19-6-5-18-12(21)9-19/h3-4,11,13-14H,2,5-10H2,1H3,(H,18,21)/t11-,13-,14-,17-/m0/s1. The van der Waals surface area contributed by atoms with Crippen LogP contribution in [-0.2, 0) is 23.9 Å². The van der Waals surface area contributed by atoms with E-state index in [0.29, 0.717) is 39.4 Å². The van der Waals surface area contributed by atoms with Crippen LogP contribution in [0.5, 0.6) is 0 Å². The zero-order chi connectivity index (χ0) is 17.6. The molecule has 1 N–H and O–H groups in total. The van der Waals surface area contributed by atoms with Crippen molar-refractivity contribution in [3.05, 3.63) is 12.2 Å². The molecule has 0 aromatic carbocycles. The molecule has 3 saturated heterocycles. The smallest absolute Gasteiger partial charge is 0.239 e. The maximum atomic E-state index is 13.0. The molecule has 0 unspecified atom stereocenters. The molecule has 0 aromatic rings. The van der Waals surface area contributed by atoms with E-state index in [1.54, 1.807) is 9.80 Å². The van der Waals surface area contributed by atoms with E-state index in [9.17, 15) is 14.4 Å². The van der Waals surface area contributed by atoms with Crippen molar-refractivity contribution < 1.29 is 23.9 Å². The molecule has 4 aliphatic rings. The van der Waals surface area contributed by atoms with E-state index < -0.39 is 17.4 Å². The van der Waals surface area contributed by atoms with Gasteiger partial charge in [-0.05, 0) is 6.92 Å². The number of fused-ring (bicyclic) bond motifs is 1. The van der Waals surface area contributed by atoms with Crippen molar-refractivity contribution >= 4 is 17.7 Å². The molecule has 4 heterocycles. The molecule has 8 nitrogen and oxygen atoms in total. The van der Waals surface area contributed by atoms with Crippen LogP contribution >= 0.6 is 0 Å². The lowest BCUT2D eigenvalue weighted by atomic mass is 9.76. The van der Waals surface area contributed by atoms with E-state index in [4.69, 9.17) is 9.47 Å². The van der Waals surface area contributed by atoms with Gasteiger partial charge in [-0.3, -0.25) is 14.4 Å². The summed E-state index contributed by atoms with van der Waals surface area (Å²) in [6.07, 6.45) is 3.45. The third-order valence-corrected chi connectivity index (χ3v) is 5.52. The van der Waals surface area contributed by atoms with Crippen LogP contribution in [0.3, 0.4) is 0 Å². The minimum Gasteiger partial charge on any atom is -0.380 e.